The van der Waals surface area contributed by atoms with Crippen LogP contribution in [0.3, 0.4) is 0 Å². The van der Waals surface area contributed by atoms with E-state index in [-0.39, 0.29) is 11.9 Å². The van der Waals surface area contributed by atoms with E-state index in [0.717, 1.165) is 24.1 Å². The number of anilines is 1. The van der Waals surface area contributed by atoms with Crippen molar-refractivity contribution in [2.75, 3.05) is 5.32 Å². The molecule has 0 aliphatic rings. The number of primary amides is 1. The number of nitrogens with one attached hydrogen (secondary N) is 1. The van der Waals surface area contributed by atoms with Crippen LogP contribution >= 0.6 is 0 Å². The molecule has 3 nitrogen and oxygen atoms in total. The highest BCUT2D eigenvalue weighted by molar-refractivity contribution is 5.83. The van der Waals surface area contributed by atoms with Gasteiger partial charge in [-0.25, -0.2) is 0 Å². The van der Waals surface area contributed by atoms with Gasteiger partial charge in [0, 0.05) is 5.69 Å². The Bertz CT molecular complexity index is 417. The molecule has 1 aromatic rings. The van der Waals surface area contributed by atoms with Crippen molar-refractivity contribution in [3.63, 3.8) is 0 Å². The Labute approximate surface area is 129 Å². The Morgan fingerprint density at radius 3 is 2.33 bits per heavy atom. The zero-order valence-electron chi connectivity index (χ0n) is 13.5. The van der Waals surface area contributed by atoms with Crippen LogP contribution in [-0.2, 0) is 4.79 Å². The van der Waals surface area contributed by atoms with Crippen molar-refractivity contribution in [2.45, 2.75) is 71.3 Å². The second kappa shape index (κ2) is 10.3. The quantitative estimate of drug-likeness (QED) is 0.593. The topological polar surface area (TPSA) is 55.1 Å². The molecule has 0 aliphatic heterocycles. The molecule has 0 heterocycles. The van der Waals surface area contributed by atoms with Gasteiger partial charge in [-0.3, -0.25) is 4.79 Å². The third-order valence-electron chi connectivity index (χ3n) is 3.91. The average Bonchev–Trinajstić information content (AvgIpc) is 2.46. The normalized spacial score (nSPS) is 12.1. The summed E-state index contributed by atoms with van der Waals surface area (Å²) in [6, 6.07) is 7.74. The van der Waals surface area contributed by atoms with Gasteiger partial charge >= 0.3 is 0 Å². The van der Waals surface area contributed by atoms with Crippen LogP contribution in [0.4, 0.5) is 5.69 Å². The Morgan fingerprint density at radius 2 is 1.71 bits per heavy atom. The van der Waals surface area contributed by atoms with Crippen molar-refractivity contribution < 1.29 is 4.79 Å². The SMILES string of the molecule is CCCCCCCCCC(Nc1ccccc1C)C(N)=O. The maximum atomic E-state index is 11.6. The van der Waals surface area contributed by atoms with Crippen LogP contribution in [-0.4, -0.2) is 11.9 Å². The molecule has 1 unspecified atom stereocenters. The van der Waals surface area contributed by atoms with Gasteiger partial charge in [0.1, 0.15) is 6.04 Å². The van der Waals surface area contributed by atoms with Crippen LogP contribution in [0.1, 0.15) is 63.9 Å². The van der Waals surface area contributed by atoms with Crippen LogP contribution in [0.5, 0.6) is 0 Å². The minimum atomic E-state index is -0.262. The number of hydrogen-bond donors (Lipinski definition) is 2. The van der Waals surface area contributed by atoms with Crippen molar-refractivity contribution in [1.82, 2.24) is 0 Å². The number of unbranched alkanes of at least 4 members (excludes halogenated alkanes) is 6. The third-order valence-corrected chi connectivity index (χ3v) is 3.91. The number of aryl methyl sites for hydroxylation is 1. The number of rotatable bonds is 11. The van der Waals surface area contributed by atoms with Crippen LogP contribution in [0.15, 0.2) is 24.3 Å². The first-order valence-electron chi connectivity index (χ1n) is 8.26. The van der Waals surface area contributed by atoms with Crippen LogP contribution in [0.2, 0.25) is 0 Å². The zero-order chi connectivity index (χ0) is 15.5. The standard InChI is InChI=1S/C18H30N2O/c1-3-4-5-6-7-8-9-14-17(18(19)21)20-16-13-11-10-12-15(16)2/h10-13,17,20H,3-9,14H2,1-2H3,(H2,19,21). The summed E-state index contributed by atoms with van der Waals surface area (Å²) in [6.45, 7) is 4.27. The van der Waals surface area contributed by atoms with Gasteiger partial charge in [0.05, 0.1) is 0 Å². The molecule has 0 spiro atoms. The molecule has 0 bridgehead atoms. The summed E-state index contributed by atoms with van der Waals surface area (Å²) in [5, 5.41) is 3.28. The lowest BCUT2D eigenvalue weighted by Gasteiger charge is -2.18. The molecular weight excluding hydrogens is 260 g/mol. The maximum Gasteiger partial charge on any atom is 0.239 e. The fourth-order valence-corrected chi connectivity index (χ4v) is 2.51. The average molecular weight is 290 g/mol. The highest BCUT2D eigenvalue weighted by Crippen LogP contribution is 2.17. The van der Waals surface area contributed by atoms with Crippen molar-refractivity contribution in [1.29, 1.82) is 0 Å². The lowest BCUT2D eigenvalue weighted by molar-refractivity contribution is -0.118. The highest BCUT2D eigenvalue weighted by Gasteiger charge is 2.15. The number of benzene rings is 1. The van der Waals surface area contributed by atoms with Gasteiger partial charge < -0.3 is 11.1 Å². The molecule has 1 amide bonds. The third kappa shape index (κ3) is 7.16. The molecule has 0 radical (unpaired) electrons. The molecule has 0 aromatic heterocycles. The molecule has 118 valence electrons. The van der Waals surface area contributed by atoms with E-state index in [1.165, 1.54) is 38.5 Å². The van der Waals surface area contributed by atoms with Gasteiger partial charge in [0.2, 0.25) is 5.91 Å². The van der Waals surface area contributed by atoms with E-state index < -0.39 is 0 Å². The fraction of sp³-hybridized carbons (Fsp3) is 0.611. The van der Waals surface area contributed by atoms with Gasteiger partial charge in [-0.15, -0.1) is 0 Å². The predicted octanol–water partition coefficient (Wildman–Crippen LogP) is 4.40. The number of hydrogen-bond acceptors (Lipinski definition) is 2. The summed E-state index contributed by atoms with van der Waals surface area (Å²) in [4.78, 5) is 11.6. The molecule has 1 aromatic carbocycles. The molecule has 0 aliphatic carbocycles. The van der Waals surface area contributed by atoms with Crippen LogP contribution in [0.25, 0.3) is 0 Å². The zero-order valence-corrected chi connectivity index (χ0v) is 13.5. The second-order valence-corrected chi connectivity index (χ2v) is 5.82. The first kappa shape index (κ1) is 17.5. The molecule has 3 heteroatoms. The van der Waals surface area contributed by atoms with Gasteiger partial charge in [-0.1, -0.05) is 70.1 Å². The summed E-state index contributed by atoms with van der Waals surface area (Å²) < 4.78 is 0. The molecule has 1 atom stereocenters. The number of para-hydroxylation sites is 1. The Morgan fingerprint density at radius 1 is 1.10 bits per heavy atom. The van der Waals surface area contributed by atoms with E-state index in [1.807, 2.05) is 31.2 Å². The van der Waals surface area contributed by atoms with E-state index in [2.05, 4.69) is 12.2 Å². The summed E-state index contributed by atoms with van der Waals surface area (Å²) >= 11 is 0. The largest absolute Gasteiger partial charge is 0.373 e. The number of nitrogens with two attached hydrogens (primary N) is 1. The highest BCUT2D eigenvalue weighted by atomic mass is 16.1. The van der Waals surface area contributed by atoms with Gasteiger partial charge in [0.15, 0.2) is 0 Å². The van der Waals surface area contributed by atoms with E-state index in [1.54, 1.807) is 0 Å². The Kier molecular flexibility index (Phi) is 8.56. The lowest BCUT2D eigenvalue weighted by atomic mass is 10.0. The van der Waals surface area contributed by atoms with E-state index in [0.29, 0.717) is 0 Å². The minimum Gasteiger partial charge on any atom is -0.373 e. The summed E-state index contributed by atoms with van der Waals surface area (Å²) in [5.74, 6) is -0.260. The molecular formula is C18H30N2O. The Balaban J connectivity index is 2.31. The lowest BCUT2D eigenvalue weighted by Crippen LogP contribution is -2.35. The van der Waals surface area contributed by atoms with Gasteiger partial charge in [0.25, 0.3) is 0 Å². The van der Waals surface area contributed by atoms with Crippen LogP contribution < -0.4 is 11.1 Å². The number of carbonyl (C=O) groups is 1. The first-order valence-corrected chi connectivity index (χ1v) is 8.26. The van der Waals surface area contributed by atoms with E-state index in [9.17, 15) is 4.79 Å². The monoisotopic (exact) mass is 290 g/mol. The molecule has 1 rings (SSSR count). The van der Waals surface area contributed by atoms with Crippen molar-refractivity contribution in [3.05, 3.63) is 29.8 Å². The molecule has 0 saturated carbocycles. The summed E-state index contributed by atoms with van der Waals surface area (Å²) in [6.07, 6.45) is 9.56. The van der Waals surface area contributed by atoms with Gasteiger partial charge in [-0.05, 0) is 25.0 Å². The smallest absolute Gasteiger partial charge is 0.239 e. The molecule has 3 N–H and O–H groups in total. The van der Waals surface area contributed by atoms with Gasteiger partial charge in [-0.2, -0.15) is 0 Å². The Hall–Kier alpha value is -1.51. The molecule has 0 saturated heterocycles. The molecule has 0 fully saturated rings. The van der Waals surface area contributed by atoms with Crippen molar-refractivity contribution >= 4 is 11.6 Å². The van der Waals surface area contributed by atoms with Crippen molar-refractivity contribution in [2.24, 2.45) is 5.73 Å². The maximum absolute atomic E-state index is 11.6. The molecule has 21 heavy (non-hydrogen) atoms. The van der Waals surface area contributed by atoms with E-state index >= 15 is 0 Å². The van der Waals surface area contributed by atoms with Crippen LogP contribution in [0, 0.1) is 6.92 Å². The fourth-order valence-electron chi connectivity index (χ4n) is 2.51. The van der Waals surface area contributed by atoms with Crippen molar-refractivity contribution in [3.8, 4) is 0 Å². The predicted molar refractivity (Wildman–Crippen MR) is 90.4 cm³/mol. The second-order valence-electron chi connectivity index (χ2n) is 5.82. The first-order chi connectivity index (χ1) is 10.1. The number of carbonyl (C=O) groups excluding carboxylic acids is 1. The summed E-state index contributed by atoms with van der Waals surface area (Å²) in [7, 11) is 0. The number of amides is 1. The summed E-state index contributed by atoms with van der Waals surface area (Å²) in [5.41, 5.74) is 7.66. The minimum absolute atomic E-state index is 0.260. The van der Waals surface area contributed by atoms with E-state index in [4.69, 9.17) is 5.73 Å².